The summed E-state index contributed by atoms with van der Waals surface area (Å²) in [6.45, 7) is 0. The first-order chi connectivity index (χ1) is 15.5. The molecule has 0 saturated heterocycles. The molecule has 0 aliphatic carbocycles. The number of nitrogens with zero attached hydrogens (tertiary/aromatic N) is 8. The fourth-order valence-electron chi connectivity index (χ4n) is 2.74. The quantitative estimate of drug-likeness (QED) is 0.362. The zero-order valence-corrected chi connectivity index (χ0v) is 18.7. The molecule has 4 aromatic rings. The third-order valence-corrected chi connectivity index (χ3v) is 6.26. The van der Waals surface area contributed by atoms with Crippen LogP contribution in [0.5, 0.6) is 0 Å². The van der Waals surface area contributed by atoms with Crippen molar-refractivity contribution in [3.05, 3.63) is 36.4 Å². The molecule has 0 spiro atoms. The maximum atomic E-state index is 12.3. The highest BCUT2D eigenvalue weighted by atomic mass is 32.2. The lowest BCUT2D eigenvalue weighted by Crippen LogP contribution is -2.15. The van der Waals surface area contributed by atoms with Gasteiger partial charge in [-0.05, 0) is 55.9 Å². The highest BCUT2D eigenvalue weighted by Crippen LogP contribution is 2.24. The van der Waals surface area contributed by atoms with Crippen LogP contribution in [0.1, 0.15) is 0 Å². The first kappa shape index (κ1) is 21.7. The Morgan fingerprint density at radius 1 is 0.781 bits per heavy atom. The molecule has 12 nitrogen and oxygen atoms in total. The van der Waals surface area contributed by atoms with E-state index in [0.29, 0.717) is 21.7 Å². The molecule has 2 amide bonds. The summed E-state index contributed by atoms with van der Waals surface area (Å²) in [6, 6.07) is 11.2. The standard InChI is InChI=1S/C18H18N10O2S2/c1-27-17(21-23-25-27)31-9-15(29)19-13-5-3-11-4-6-14(8-12(11)7-13)20-16(30)10-32-18-22-24-26-28(18)2/h3-8H,9-10H2,1-2H3,(H,19,29)(H,20,30). The van der Waals surface area contributed by atoms with Gasteiger partial charge in [-0.2, -0.15) is 0 Å². The molecule has 0 radical (unpaired) electrons. The van der Waals surface area contributed by atoms with Crippen molar-refractivity contribution in [2.75, 3.05) is 22.1 Å². The molecule has 0 fully saturated rings. The number of aryl methyl sites for hydroxylation is 2. The molecule has 0 atom stereocenters. The molecule has 0 bridgehead atoms. The van der Waals surface area contributed by atoms with E-state index < -0.39 is 0 Å². The van der Waals surface area contributed by atoms with Gasteiger partial charge in [-0.3, -0.25) is 9.59 Å². The van der Waals surface area contributed by atoms with Crippen molar-refractivity contribution in [2.24, 2.45) is 14.1 Å². The summed E-state index contributed by atoms with van der Waals surface area (Å²) in [5.41, 5.74) is 1.32. The predicted molar refractivity (Wildman–Crippen MR) is 120 cm³/mol. The molecule has 4 rings (SSSR count). The van der Waals surface area contributed by atoms with E-state index in [4.69, 9.17) is 0 Å². The van der Waals surface area contributed by atoms with Crippen LogP contribution in [0.3, 0.4) is 0 Å². The Balaban J connectivity index is 1.36. The molecular weight excluding hydrogens is 452 g/mol. The van der Waals surface area contributed by atoms with Crippen LogP contribution in [-0.2, 0) is 23.7 Å². The number of hydrogen-bond donors (Lipinski definition) is 2. The minimum absolute atomic E-state index is 0.169. The minimum Gasteiger partial charge on any atom is -0.325 e. The number of amides is 2. The predicted octanol–water partition coefficient (Wildman–Crippen LogP) is 1.35. The van der Waals surface area contributed by atoms with Gasteiger partial charge in [0.05, 0.1) is 11.5 Å². The number of carbonyl (C=O) groups excluding carboxylic acids is 2. The van der Waals surface area contributed by atoms with Crippen LogP contribution in [-0.4, -0.2) is 63.7 Å². The first-order valence-corrected chi connectivity index (χ1v) is 11.3. The second-order valence-electron chi connectivity index (χ2n) is 6.62. The number of benzene rings is 2. The summed E-state index contributed by atoms with van der Waals surface area (Å²) in [7, 11) is 3.43. The average Bonchev–Trinajstić information content (AvgIpc) is 3.38. The zero-order valence-electron chi connectivity index (χ0n) is 17.1. The first-order valence-electron chi connectivity index (χ1n) is 9.32. The molecule has 2 aromatic heterocycles. The molecule has 2 N–H and O–H groups in total. The number of carbonyl (C=O) groups is 2. The molecule has 2 heterocycles. The highest BCUT2D eigenvalue weighted by Gasteiger charge is 2.10. The maximum Gasteiger partial charge on any atom is 0.234 e. The van der Waals surface area contributed by atoms with Crippen LogP contribution in [0, 0.1) is 0 Å². The number of nitrogens with one attached hydrogen (secondary N) is 2. The van der Waals surface area contributed by atoms with Gasteiger partial charge in [0.15, 0.2) is 0 Å². The summed E-state index contributed by atoms with van der Waals surface area (Å²) in [4.78, 5) is 24.6. The van der Waals surface area contributed by atoms with E-state index in [1.54, 1.807) is 14.1 Å². The van der Waals surface area contributed by atoms with E-state index in [1.807, 2.05) is 36.4 Å². The maximum absolute atomic E-state index is 12.3. The largest absolute Gasteiger partial charge is 0.325 e. The summed E-state index contributed by atoms with van der Waals surface area (Å²) in [5.74, 6) is 0.0245. The Morgan fingerprint density at radius 3 is 1.66 bits per heavy atom. The summed E-state index contributed by atoms with van der Waals surface area (Å²) in [5, 5.41) is 31.0. The Kier molecular flexibility index (Phi) is 6.61. The van der Waals surface area contributed by atoms with Gasteiger partial charge in [0.1, 0.15) is 0 Å². The normalized spacial score (nSPS) is 10.9. The van der Waals surface area contributed by atoms with Crippen LogP contribution in [0.25, 0.3) is 10.8 Å². The number of aromatic nitrogens is 8. The number of tetrazole rings is 2. The summed E-state index contributed by atoms with van der Waals surface area (Å²) >= 11 is 2.50. The SMILES string of the molecule is Cn1nnnc1SCC(=O)Nc1ccc2ccc(NC(=O)CSc3nnnn3C)cc2c1. The van der Waals surface area contributed by atoms with E-state index in [1.165, 1.54) is 32.9 Å². The molecule has 2 aromatic carbocycles. The Labute approximate surface area is 190 Å². The second kappa shape index (κ2) is 9.74. The minimum atomic E-state index is -0.169. The van der Waals surface area contributed by atoms with Crippen molar-refractivity contribution >= 4 is 57.5 Å². The lowest BCUT2D eigenvalue weighted by molar-refractivity contribution is -0.114. The summed E-state index contributed by atoms with van der Waals surface area (Å²) in [6.07, 6.45) is 0. The molecule has 0 saturated carbocycles. The number of fused-ring (bicyclic) bond motifs is 1. The van der Waals surface area contributed by atoms with Crippen LogP contribution in [0.4, 0.5) is 11.4 Å². The number of hydrogen-bond acceptors (Lipinski definition) is 10. The third kappa shape index (κ3) is 5.39. The van der Waals surface area contributed by atoms with E-state index >= 15 is 0 Å². The molecule has 32 heavy (non-hydrogen) atoms. The van der Waals surface area contributed by atoms with E-state index in [2.05, 4.69) is 41.7 Å². The van der Waals surface area contributed by atoms with Crippen molar-refractivity contribution in [1.29, 1.82) is 0 Å². The molecule has 0 aliphatic heterocycles. The molecule has 164 valence electrons. The monoisotopic (exact) mass is 470 g/mol. The molecular formula is C18H18N10O2S2. The van der Waals surface area contributed by atoms with Gasteiger partial charge >= 0.3 is 0 Å². The number of rotatable bonds is 8. The van der Waals surface area contributed by atoms with E-state index in [-0.39, 0.29) is 23.3 Å². The zero-order chi connectivity index (χ0) is 22.5. The van der Waals surface area contributed by atoms with E-state index in [9.17, 15) is 9.59 Å². The van der Waals surface area contributed by atoms with Gasteiger partial charge in [0, 0.05) is 25.5 Å². The lowest BCUT2D eigenvalue weighted by atomic mass is 10.1. The molecule has 14 heteroatoms. The van der Waals surface area contributed by atoms with Crippen molar-refractivity contribution in [1.82, 2.24) is 40.4 Å². The van der Waals surface area contributed by atoms with Gasteiger partial charge in [0.2, 0.25) is 22.1 Å². The van der Waals surface area contributed by atoms with Crippen molar-refractivity contribution in [2.45, 2.75) is 10.3 Å². The Morgan fingerprint density at radius 2 is 1.25 bits per heavy atom. The fraction of sp³-hybridized carbons (Fsp3) is 0.222. The fourth-order valence-corrected chi connectivity index (χ4v) is 4.04. The average molecular weight is 471 g/mol. The van der Waals surface area contributed by atoms with Gasteiger partial charge in [-0.15, -0.1) is 10.2 Å². The van der Waals surface area contributed by atoms with Crippen molar-refractivity contribution in [3.63, 3.8) is 0 Å². The van der Waals surface area contributed by atoms with Crippen LogP contribution in [0.15, 0.2) is 46.7 Å². The smallest absolute Gasteiger partial charge is 0.234 e. The topological polar surface area (TPSA) is 145 Å². The molecule has 0 aliphatic rings. The van der Waals surface area contributed by atoms with Gasteiger partial charge in [-0.25, -0.2) is 9.36 Å². The number of anilines is 2. The summed E-state index contributed by atoms with van der Waals surface area (Å²) < 4.78 is 3.01. The van der Waals surface area contributed by atoms with Crippen molar-refractivity contribution in [3.8, 4) is 0 Å². The Hall–Kier alpha value is -3.52. The van der Waals surface area contributed by atoms with Crippen LogP contribution in [0.2, 0.25) is 0 Å². The van der Waals surface area contributed by atoms with Crippen molar-refractivity contribution < 1.29 is 9.59 Å². The third-order valence-electron chi connectivity index (χ3n) is 4.24. The van der Waals surface area contributed by atoms with Gasteiger partial charge in [0.25, 0.3) is 0 Å². The highest BCUT2D eigenvalue weighted by molar-refractivity contribution is 8.00. The van der Waals surface area contributed by atoms with Crippen LogP contribution >= 0.6 is 23.5 Å². The lowest BCUT2D eigenvalue weighted by Gasteiger charge is -2.09. The Bertz CT molecular complexity index is 1180. The van der Waals surface area contributed by atoms with E-state index in [0.717, 1.165) is 10.8 Å². The molecule has 0 unspecified atom stereocenters. The number of thioether (sulfide) groups is 2. The second-order valence-corrected chi connectivity index (χ2v) is 8.51. The van der Waals surface area contributed by atoms with Gasteiger partial charge in [-0.1, -0.05) is 35.7 Å². The van der Waals surface area contributed by atoms with Gasteiger partial charge < -0.3 is 10.6 Å². The van der Waals surface area contributed by atoms with Crippen LogP contribution < -0.4 is 10.6 Å².